The summed E-state index contributed by atoms with van der Waals surface area (Å²) in [7, 11) is 4.17. The van der Waals surface area contributed by atoms with Gasteiger partial charge in [0.15, 0.2) is 0 Å². The molecule has 3 nitrogen and oxygen atoms in total. The van der Waals surface area contributed by atoms with Crippen molar-refractivity contribution in [2.45, 2.75) is 45.2 Å². The summed E-state index contributed by atoms with van der Waals surface area (Å²) >= 11 is 0. The van der Waals surface area contributed by atoms with Crippen molar-refractivity contribution in [3.05, 3.63) is 24.3 Å². The van der Waals surface area contributed by atoms with Crippen LogP contribution in [0.25, 0.3) is 0 Å². The lowest BCUT2D eigenvalue weighted by atomic mass is 9.88. The van der Waals surface area contributed by atoms with E-state index >= 15 is 0 Å². The molecule has 1 fully saturated rings. The number of rotatable bonds is 4. The number of benzene rings is 1. The van der Waals surface area contributed by atoms with Gasteiger partial charge in [0, 0.05) is 50.1 Å². The summed E-state index contributed by atoms with van der Waals surface area (Å²) in [6.45, 7) is 9.06. The minimum absolute atomic E-state index is 0.271. The second-order valence-corrected chi connectivity index (χ2v) is 6.26. The average Bonchev–Trinajstić information content (AvgIpc) is 2.48. The van der Waals surface area contributed by atoms with Crippen LogP contribution in [-0.4, -0.2) is 38.8 Å². The highest BCUT2D eigenvalue weighted by Gasteiger charge is 2.35. The average molecular weight is 275 g/mol. The number of nitrogens with zero attached hydrogens (tertiary/aromatic N) is 2. The number of piperazine rings is 1. The molecule has 0 bridgehead atoms. The van der Waals surface area contributed by atoms with Crippen LogP contribution in [0.3, 0.4) is 0 Å². The van der Waals surface area contributed by atoms with Gasteiger partial charge in [0.1, 0.15) is 0 Å². The van der Waals surface area contributed by atoms with Crippen LogP contribution in [-0.2, 0) is 0 Å². The number of anilines is 2. The molecule has 1 atom stereocenters. The Balaban J connectivity index is 2.20. The molecule has 1 N–H and O–H groups in total. The Kier molecular flexibility index (Phi) is 4.59. The van der Waals surface area contributed by atoms with E-state index in [1.165, 1.54) is 24.2 Å². The fraction of sp³-hybridized carbons (Fsp3) is 0.647. The molecule has 1 aliphatic heterocycles. The van der Waals surface area contributed by atoms with Crippen LogP contribution in [0.15, 0.2) is 24.3 Å². The first-order valence-corrected chi connectivity index (χ1v) is 7.80. The molecule has 0 aliphatic carbocycles. The lowest BCUT2D eigenvalue weighted by molar-refractivity contribution is 0.254. The van der Waals surface area contributed by atoms with Gasteiger partial charge in [-0.2, -0.15) is 0 Å². The first-order chi connectivity index (χ1) is 9.51. The van der Waals surface area contributed by atoms with Crippen LogP contribution in [0, 0.1) is 0 Å². The van der Waals surface area contributed by atoms with Crippen molar-refractivity contribution in [3.63, 3.8) is 0 Å². The highest BCUT2D eigenvalue weighted by molar-refractivity contribution is 5.56. The molecule has 1 aromatic carbocycles. The summed E-state index contributed by atoms with van der Waals surface area (Å²) in [5, 5.41) is 3.76. The van der Waals surface area contributed by atoms with E-state index in [1.807, 2.05) is 0 Å². The fourth-order valence-corrected chi connectivity index (χ4v) is 3.02. The zero-order chi connectivity index (χ0) is 14.8. The van der Waals surface area contributed by atoms with Crippen LogP contribution < -0.4 is 15.1 Å². The van der Waals surface area contributed by atoms with E-state index in [0.717, 1.165) is 13.1 Å². The zero-order valence-electron chi connectivity index (χ0n) is 13.6. The fourth-order valence-electron chi connectivity index (χ4n) is 3.02. The van der Waals surface area contributed by atoms with Crippen molar-refractivity contribution in [3.8, 4) is 0 Å². The zero-order valence-corrected chi connectivity index (χ0v) is 13.6. The third kappa shape index (κ3) is 2.93. The maximum Gasteiger partial charge on any atom is 0.0387 e. The molecule has 0 saturated carbocycles. The van der Waals surface area contributed by atoms with Gasteiger partial charge < -0.3 is 15.1 Å². The molecular weight excluding hydrogens is 246 g/mol. The molecule has 112 valence electrons. The van der Waals surface area contributed by atoms with E-state index in [4.69, 9.17) is 0 Å². The largest absolute Gasteiger partial charge is 0.378 e. The third-order valence-electron chi connectivity index (χ3n) is 4.83. The summed E-state index contributed by atoms with van der Waals surface area (Å²) in [5.74, 6) is 0. The molecule has 0 amide bonds. The summed E-state index contributed by atoms with van der Waals surface area (Å²) in [6.07, 6.45) is 2.37. The molecular formula is C17H29N3. The van der Waals surface area contributed by atoms with Crippen molar-refractivity contribution in [2.24, 2.45) is 0 Å². The highest BCUT2D eigenvalue weighted by atomic mass is 15.3. The molecule has 1 saturated heterocycles. The van der Waals surface area contributed by atoms with E-state index in [9.17, 15) is 0 Å². The Morgan fingerprint density at radius 2 is 1.80 bits per heavy atom. The van der Waals surface area contributed by atoms with Crippen LogP contribution in [0.1, 0.15) is 33.6 Å². The van der Waals surface area contributed by atoms with Gasteiger partial charge in [0.2, 0.25) is 0 Å². The van der Waals surface area contributed by atoms with Crippen molar-refractivity contribution < 1.29 is 0 Å². The monoisotopic (exact) mass is 275 g/mol. The predicted octanol–water partition coefficient (Wildman–Crippen LogP) is 3.11. The van der Waals surface area contributed by atoms with E-state index in [2.05, 4.69) is 74.2 Å². The lowest BCUT2D eigenvalue weighted by Gasteiger charge is -2.47. The van der Waals surface area contributed by atoms with Crippen LogP contribution in [0.5, 0.6) is 0 Å². The summed E-state index contributed by atoms with van der Waals surface area (Å²) in [6, 6.07) is 9.49. The molecule has 1 unspecified atom stereocenters. The molecule has 0 radical (unpaired) electrons. The topological polar surface area (TPSA) is 18.5 Å². The van der Waals surface area contributed by atoms with Gasteiger partial charge >= 0.3 is 0 Å². The van der Waals surface area contributed by atoms with Gasteiger partial charge in [-0.05, 0) is 44.0 Å². The highest BCUT2D eigenvalue weighted by Crippen LogP contribution is 2.28. The molecule has 2 rings (SSSR count). The van der Waals surface area contributed by atoms with Crippen LogP contribution >= 0.6 is 0 Å². The van der Waals surface area contributed by atoms with Crippen molar-refractivity contribution in [1.82, 2.24) is 5.32 Å². The predicted molar refractivity (Wildman–Crippen MR) is 88.9 cm³/mol. The van der Waals surface area contributed by atoms with E-state index < -0.39 is 0 Å². The quantitative estimate of drug-likeness (QED) is 0.911. The molecule has 1 aliphatic rings. The first kappa shape index (κ1) is 15.2. The number of hydrogen-bond acceptors (Lipinski definition) is 3. The molecule has 1 heterocycles. The maximum atomic E-state index is 3.76. The van der Waals surface area contributed by atoms with Crippen molar-refractivity contribution >= 4 is 11.4 Å². The molecule has 0 spiro atoms. The SMILES string of the molecule is CCC1(CC)CN(c2ccc(N(C)C)cc2)C(C)CN1. The summed E-state index contributed by atoms with van der Waals surface area (Å²) in [5.41, 5.74) is 2.87. The van der Waals surface area contributed by atoms with Gasteiger partial charge in [-0.3, -0.25) is 0 Å². The maximum absolute atomic E-state index is 3.76. The van der Waals surface area contributed by atoms with Gasteiger partial charge in [-0.25, -0.2) is 0 Å². The molecule has 1 aromatic rings. The molecule has 0 aromatic heterocycles. The van der Waals surface area contributed by atoms with Gasteiger partial charge in [-0.15, -0.1) is 0 Å². The Hall–Kier alpha value is -1.22. The molecule has 20 heavy (non-hydrogen) atoms. The number of nitrogens with one attached hydrogen (secondary N) is 1. The van der Waals surface area contributed by atoms with Crippen molar-refractivity contribution in [1.29, 1.82) is 0 Å². The Labute approximate surface area is 124 Å². The Bertz CT molecular complexity index is 420. The van der Waals surface area contributed by atoms with Crippen molar-refractivity contribution in [2.75, 3.05) is 37.0 Å². The summed E-state index contributed by atoms with van der Waals surface area (Å²) in [4.78, 5) is 4.70. The van der Waals surface area contributed by atoms with E-state index in [-0.39, 0.29) is 5.54 Å². The third-order valence-corrected chi connectivity index (χ3v) is 4.83. The van der Waals surface area contributed by atoms with Gasteiger partial charge in [-0.1, -0.05) is 13.8 Å². The standard InChI is InChI=1S/C17H29N3/c1-6-17(7-2)13-20(14(3)12-18-17)16-10-8-15(9-11-16)19(4)5/h8-11,14,18H,6-7,12-13H2,1-5H3. The Morgan fingerprint density at radius 3 is 2.30 bits per heavy atom. The minimum Gasteiger partial charge on any atom is -0.378 e. The number of hydrogen-bond donors (Lipinski definition) is 1. The second kappa shape index (κ2) is 6.04. The normalized spacial score (nSPS) is 21.9. The van der Waals surface area contributed by atoms with Crippen LogP contribution in [0.2, 0.25) is 0 Å². The lowest BCUT2D eigenvalue weighted by Crippen LogP contribution is -2.63. The molecule has 3 heteroatoms. The second-order valence-electron chi connectivity index (χ2n) is 6.26. The van der Waals surface area contributed by atoms with Gasteiger partial charge in [0.25, 0.3) is 0 Å². The minimum atomic E-state index is 0.271. The first-order valence-electron chi connectivity index (χ1n) is 7.80. The van der Waals surface area contributed by atoms with E-state index in [1.54, 1.807) is 0 Å². The smallest absolute Gasteiger partial charge is 0.0387 e. The summed E-state index contributed by atoms with van der Waals surface area (Å²) < 4.78 is 0. The van der Waals surface area contributed by atoms with Gasteiger partial charge in [0.05, 0.1) is 0 Å². The Morgan fingerprint density at radius 1 is 1.20 bits per heavy atom. The van der Waals surface area contributed by atoms with Crippen LogP contribution in [0.4, 0.5) is 11.4 Å². The van der Waals surface area contributed by atoms with E-state index in [0.29, 0.717) is 6.04 Å².